The van der Waals surface area contributed by atoms with Gasteiger partial charge in [0.05, 0.1) is 0 Å². The van der Waals surface area contributed by atoms with Crippen molar-refractivity contribution in [1.29, 1.82) is 0 Å². The van der Waals surface area contributed by atoms with Crippen LogP contribution in [0, 0.1) is 0 Å². The van der Waals surface area contributed by atoms with Gasteiger partial charge >= 0.3 is 10.5 Å². The Hall–Kier alpha value is -2.61. The molecule has 2 aromatic carbocycles. The molecule has 2 aromatic rings. The Kier molecular flexibility index (Phi) is 5.17. The van der Waals surface area contributed by atoms with Gasteiger partial charge in [0.15, 0.2) is 0 Å². The van der Waals surface area contributed by atoms with E-state index in [1.165, 1.54) is 25.1 Å². The Morgan fingerprint density at radius 3 is 2.43 bits per heavy atom. The van der Waals surface area contributed by atoms with Crippen LogP contribution < -0.4 is 14.2 Å². The number of benzene rings is 2. The molecule has 122 valence electrons. The van der Waals surface area contributed by atoms with Crippen LogP contribution in [0.1, 0.15) is 12.5 Å². The number of anilines is 1. The maximum absolute atomic E-state index is 12.5. The number of carbonyl (C=O) groups is 1. The average molecular weight is 339 g/mol. The number of hydrogen-bond donors (Lipinski definition) is 1. The normalized spacial score (nSPS) is 10.9. The van der Waals surface area contributed by atoms with Crippen molar-refractivity contribution in [3.63, 3.8) is 0 Å². The lowest BCUT2D eigenvalue weighted by Gasteiger charge is -2.08. The van der Waals surface area contributed by atoms with Gasteiger partial charge in [0.25, 0.3) is 0 Å². The number of carbonyl (C=O) groups excluding carboxylic acids is 1. The zero-order chi connectivity index (χ0) is 16.9. The van der Waals surface area contributed by atoms with Gasteiger partial charge in [0, 0.05) is 12.6 Å². The summed E-state index contributed by atoms with van der Waals surface area (Å²) in [5.74, 6) is 0.261. The molecule has 6 nitrogen and oxygen atoms in total. The molecule has 0 saturated heterocycles. The standard InChI is InChI=1S/C15H14FNO5S/c1-11(18)17-13-5-7-14(8-6-13)21-10-12-3-2-4-15(9-12)22-23(16,19)20/h2-9H,10H2,1H3,(H,17,18). The van der Waals surface area contributed by atoms with E-state index in [0.29, 0.717) is 17.0 Å². The number of nitrogens with one attached hydrogen (secondary N) is 1. The van der Waals surface area contributed by atoms with Crippen molar-refractivity contribution < 1.29 is 26.0 Å². The van der Waals surface area contributed by atoms with E-state index >= 15 is 0 Å². The van der Waals surface area contributed by atoms with Crippen LogP contribution in [0.15, 0.2) is 48.5 Å². The van der Waals surface area contributed by atoms with Gasteiger partial charge in [-0.1, -0.05) is 16.0 Å². The predicted molar refractivity (Wildman–Crippen MR) is 82.2 cm³/mol. The van der Waals surface area contributed by atoms with Crippen LogP contribution in [-0.4, -0.2) is 14.3 Å². The fourth-order valence-corrected chi connectivity index (χ4v) is 2.14. The summed E-state index contributed by atoms with van der Waals surface area (Å²) in [6.07, 6.45) is 0. The highest BCUT2D eigenvalue weighted by atomic mass is 32.3. The highest BCUT2D eigenvalue weighted by Gasteiger charge is 2.09. The molecule has 0 heterocycles. The van der Waals surface area contributed by atoms with Crippen LogP contribution in [0.3, 0.4) is 0 Å². The Bertz CT molecular complexity index is 790. The zero-order valence-corrected chi connectivity index (χ0v) is 13.0. The molecule has 0 unspecified atom stereocenters. The zero-order valence-electron chi connectivity index (χ0n) is 12.2. The van der Waals surface area contributed by atoms with Crippen molar-refractivity contribution in [3.8, 4) is 11.5 Å². The summed E-state index contributed by atoms with van der Waals surface area (Å²) in [7, 11) is -5.05. The summed E-state index contributed by atoms with van der Waals surface area (Å²) in [5.41, 5.74) is 1.26. The summed E-state index contributed by atoms with van der Waals surface area (Å²) >= 11 is 0. The van der Waals surface area contributed by atoms with Crippen molar-refractivity contribution >= 4 is 22.1 Å². The maximum atomic E-state index is 12.5. The molecular weight excluding hydrogens is 325 g/mol. The Morgan fingerprint density at radius 1 is 1.13 bits per heavy atom. The molecule has 0 radical (unpaired) electrons. The van der Waals surface area contributed by atoms with Crippen molar-refractivity contribution in [3.05, 3.63) is 54.1 Å². The second kappa shape index (κ2) is 7.10. The number of amides is 1. The maximum Gasteiger partial charge on any atom is 0.488 e. The minimum Gasteiger partial charge on any atom is -0.489 e. The summed E-state index contributed by atoms with van der Waals surface area (Å²) < 4.78 is 43.1. The molecule has 8 heteroatoms. The quantitative estimate of drug-likeness (QED) is 0.819. The molecule has 0 saturated carbocycles. The van der Waals surface area contributed by atoms with Gasteiger partial charge in [-0.05, 0) is 42.0 Å². The minimum atomic E-state index is -5.05. The fraction of sp³-hybridized carbons (Fsp3) is 0.133. The summed E-state index contributed by atoms with van der Waals surface area (Å²) in [6, 6.07) is 12.6. The van der Waals surface area contributed by atoms with Gasteiger partial charge < -0.3 is 14.2 Å². The lowest BCUT2D eigenvalue weighted by atomic mass is 10.2. The molecule has 0 bridgehead atoms. The first-order chi connectivity index (χ1) is 10.8. The van der Waals surface area contributed by atoms with Crippen LogP contribution in [0.4, 0.5) is 9.57 Å². The molecule has 1 N–H and O–H groups in total. The molecule has 0 aromatic heterocycles. The van der Waals surface area contributed by atoms with Crippen molar-refractivity contribution in [2.75, 3.05) is 5.32 Å². The second-order valence-electron chi connectivity index (χ2n) is 4.62. The molecule has 1 amide bonds. The van der Waals surface area contributed by atoms with Crippen LogP contribution in [0.5, 0.6) is 11.5 Å². The van der Waals surface area contributed by atoms with E-state index in [9.17, 15) is 17.1 Å². The molecule has 0 aliphatic carbocycles. The first-order valence-electron chi connectivity index (χ1n) is 6.55. The Labute approximate surface area is 133 Å². The smallest absolute Gasteiger partial charge is 0.488 e. The number of hydrogen-bond acceptors (Lipinski definition) is 5. The van der Waals surface area contributed by atoms with Crippen molar-refractivity contribution in [1.82, 2.24) is 0 Å². The van der Waals surface area contributed by atoms with E-state index in [1.807, 2.05) is 0 Å². The lowest BCUT2D eigenvalue weighted by molar-refractivity contribution is -0.114. The summed E-state index contributed by atoms with van der Waals surface area (Å²) in [5, 5.41) is 2.63. The largest absolute Gasteiger partial charge is 0.489 e. The van der Waals surface area contributed by atoms with E-state index in [4.69, 9.17) is 4.74 Å². The van der Waals surface area contributed by atoms with Crippen LogP contribution in [0.2, 0.25) is 0 Å². The molecular formula is C15H14FNO5S. The number of halogens is 1. The average Bonchev–Trinajstić information content (AvgIpc) is 2.44. The fourth-order valence-electron chi connectivity index (χ4n) is 1.81. The Morgan fingerprint density at radius 2 is 1.83 bits per heavy atom. The Balaban J connectivity index is 1.98. The second-order valence-corrected chi connectivity index (χ2v) is 5.57. The molecule has 0 aliphatic heterocycles. The highest BCUT2D eigenvalue weighted by Crippen LogP contribution is 2.20. The lowest BCUT2D eigenvalue weighted by Crippen LogP contribution is -2.05. The van der Waals surface area contributed by atoms with Crippen LogP contribution >= 0.6 is 0 Å². The third kappa shape index (κ3) is 5.95. The molecule has 0 aliphatic rings. The van der Waals surface area contributed by atoms with E-state index < -0.39 is 10.5 Å². The topological polar surface area (TPSA) is 81.7 Å². The molecule has 23 heavy (non-hydrogen) atoms. The first-order valence-corrected chi connectivity index (χ1v) is 7.86. The van der Waals surface area contributed by atoms with E-state index in [0.717, 1.165) is 0 Å². The van der Waals surface area contributed by atoms with E-state index in [1.54, 1.807) is 30.3 Å². The van der Waals surface area contributed by atoms with Gasteiger partial charge in [-0.2, -0.15) is 8.42 Å². The van der Waals surface area contributed by atoms with Crippen molar-refractivity contribution in [2.24, 2.45) is 0 Å². The van der Waals surface area contributed by atoms with E-state index in [-0.39, 0.29) is 18.3 Å². The highest BCUT2D eigenvalue weighted by molar-refractivity contribution is 7.81. The monoisotopic (exact) mass is 339 g/mol. The molecule has 0 fully saturated rings. The molecule has 0 spiro atoms. The summed E-state index contributed by atoms with van der Waals surface area (Å²) in [6.45, 7) is 1.56. The van der Waals surface area contributed by atoms with Crippen LogP contribution in [-0.2, 0) is 21.9 Å². The third-order valence-electron chi connectivity index (χ3n) is 2.67. The van der Waals surface area contributed by atoms with Gasteiger partial charge in [0.1, 0.15) is 18.1 Å². The van der Waals surface area contributed by atoms with Gasteiger partial charge in [0.2, 0.25) is 5.91 Å². The summed E-state index contributed by atoms with van der Waals surface area (Å²) in [4.78, 5) is 10.9. The predicted octanol–water partition coefficient (Wildman–Crippen LogP) is 2.82. The first kappa shape index (κ1) is 16.8. The number of rotatable bonds is 6. The van der Waals surface area contributed by atoms with Crippen molar-refractivity contribution in [2.45, 2.75) is 13.5 Å². The van der Waals surface area contributed by atoms with Gasteiger partial charge in [-0.3, -0.25) is 4.79 Å². The van der Waals surface area contributed by atoms with Gasteiger partial charge in [-0.25, -0.2) is 0 Å². The van der Waals surface area contributed by atoms with Gasteiger partial charge in [-0.15, -0.1) is 0 Å². The molecule has 2 rings (SSSR count). The SMILES string of the molecule is CC(=O)Nc1ccc(OCc2cccc(OS(=O)(=O)F)c2)cc1. The molecule has 0 atom stereocenters. The minimum absolute atomic E-state index is 0.130. The third-order valence-corrected chi connectivity index (χ3v) is 3.07. The number of ether oxygens (including phenoxy) is 1. The van der Waals surface area contributed by atoms with E-state index in [2.05, 4.69) is 9.50 Å². The van der Waals surface area contributed by atoms with Crippen LogP contribution in [0.25, 0.3) is 0 Å².